The van der Waals surface area contributed by atoms with E-state index >= 15 is 0 Å². The van der Waals surface area contributed by atoms with Gasteiger partial charge in [0.15, 0.2) is 0 Å². The zero-order valence-corrected chi connectivity index (χ0v) is 14.8. The van der Waals surface area contributed by atoms with E-state index in [1.807, 2.05) is 28.7 Å². The highest BCUT2D eigenvalue weighted by Gasteiger charge is 2.16. The number of nitrogens with zero attached hydrogens (tertiary/aromatic N) is 2. The molecule has 1 aromatic carbocycles. The smallest absolute Gasteiger partial charge is 0.339 e. The van der Waals surface area contributed by atoms with E-state index in [0.29, 0.717) is 12.0 Å². The Bertz CT molecular complexity index is 899. The van der Waals surface area contributed by atoms with E-state index in [2.05, 4.69) is 13.0 Å². The second-order valence-corrected chi connectivity index (χ2v) is 5.88. The third kappa shape index (κ3) is 3.36. The fourth-order valence-corrected chi connectivity index (χ4v) is 3.03. The normalized spacial score (nSPS) is 10.8. The molecule has 0 saturated carbocycles. The number of ether oxygens (including phenoxy) is 2. The molecule has 0 spiro atoms. The van der Waals surface area contributed by atoms with Gasteiger partial charge in [-0.05, 0) is 24.6 Å². The maximum Gasteiger partial charge on any atom is 0.339 e. The summed E-state index contributed by atoms with van der Waals surface area (Å²) in [5.74, 6) is 0.500. The molecule has 0 saturated heterocycles. The fraction of sp³-hybridized carbons (Fsp3) is 0.300. The van der Waals surface area contributed by atoms with Gasteiger partial charge in [-0.25, -0.2) is 9.78 Å². The Kier molecular flexibility index (Phi) is 5.03. The van der Waals surface area contributed by atoms with E-state index < -0.39 is 0 Å². The van der Waals surface area contributed by atoms with Crippen LogP contribution in [-0.4, -0.2) is 29.6 Å². The van der Waals surface area contributed by atoms with Crippen LogP contribution in [0, 0.1) is 0 Å². The Hall–Kier alpha value is -2.82. The van der Waals surface area contributed by atoms with Crippen LogP contribution >= 0.6 is 0 Å². The van der Waals surface area contributed by atoms with Crippen LogP contribution in [0.3, 0.4) is 0 Å². The number of para-hydroxylation sites is 1. The predicted molar refractivity (Wildman–Crippen MR) is 96.3 cm³/mol. The van der Waals surface area contributed by atoms with Gasteiger partial charge in [-0.2, -0.15) is 0 Å². The number of methoxy groups -OCH3 is 2. The molecule has 0 aliphatic carbocycles. The van der Waals surface area contributed by atoms with Gasteiger partial charge in [-0.15, -0.1) is 0 Å². The van der Waals surface area contributed by atoms with Crippen LogP contribution in [0.4, 0.5) is 0 Å². The van der Waals surface area contributed by atoms with Crippen molar-refractivity contribution in [1.29, 1.82) is 0 Å². The van der Waals surface area contributed by atoms with Crippen molar-refractivity contribution in [2.45, 2.75) is 26.2 Å². The molecule has 3 rings (SSSR count). The third-order valence-corrected chi connectivity index (χ3v) is 4.26. The maximum atomic E-state index is 11.9. The third-order valence-electron chi connectivity index (χ3n) is 4.26. The molecule has 25 heavy (non-hydrogen) atoms. The summed E-state index contributed by atoms with van der Waals surface area (Å²) in [5, 5.41) is 0. The van der Waals surface area contributed by atoms with E-state index in [-0.39, 0.29) is 5.97 Å². The molecule has 5 nitrogen and oxygen atoms in total. The number of esters is 1. The second-order valence-electron chi connectivity index (χ2n) is 5.88. The minimum absolute atomic E-state index is 0.351. The first kappa shape index (κ1) is 17.0. The summed E-state index contributed by atoms with van der Waals surface area (Å²) in [6.07, 6.45) is 4.38. The number of imidazole rings is 1. The molecule has 0 aliphatic rings. The van der Waals surface area contributed by atoms with Gasteiger partial charge in [-0.3, -0.25) is 0 Å². The fourth-order valence-electron chi connectivity index (χ4n) is 3.03. The maximum absolute atomic E-state index is 11.9. The van der Waals surface area contributed by atoms with Gasteiger partial charge in [0.25, 0.3) is 0 Å². The van der Waals surface area contributed by atoms with Gasteiger partial charge in [0.05, 0.1) is 31.2 Å². The SMILES string of the molecule is CCCc1nc2ccc(C(=O)OC)cn2c1Cc1ccccc1OC. The van der Waals surface area contributed by atoms with Crippen molar-refractivity contribution < 1.29 is 14.3 Å². The van der Waals surface area contributed by atoms with E-state index in [1.165, 1.54) is 7.11 Å². The van der Waals surface area contributed by atoms with Gasteiger partial charge in [0.2, 0.25) is 0 Å². The molecule has 3 aromatic rings. The van der Waals surface area contributed by atoms with Gasteiger partial charge in [0.1, 0.15) is 11.4 Å². The van der Waals surface area contributed by atoms with Crippen molar-refractivity contribution in [3.05, 3.63) is 65.1 Å². The van der Waals surface area contributed by atoms with Crippen LogP contribution < -0.4 is 4.74 Å². The Balaban J connectivity index is 2.12. The highest BCUT2D eigenvalue weighted by atomic mass is 16.5. The summed E-state index contributed by atoms with van der Waals surface area (Å²) in [5.41, 5.74) is 4.56. The molecule has 0 unspecified atom stereocenters. The first-order valence-corrected chi connectivity index (χ1v) is 8.38. The number of benzene rings is 1. The molecule has 0 aliphatic heterocycles. The van der Waals surface area contributed by atoms with Gasteiger partial charge < -0.3 is 13.9 Å². The monoisotopic (exact) mass is 338 g/mol. The molecule has 0 amide bonds. The summed E-state index contributed by atoms with van der Waals surface area (Å²) in [6.45, 7) is 2.14. The average molecular weight is 338 g/mol. The Labute approximate surface area is 147 Å². The van der Waals surface area contributed by atoms with E-state index in [9.17, 15) is 4.79 Å². The topological polar surface area (TPSA) is 52.8 Å². The van der Waals surface area contributed by atoms with Crippen LogP contribution in [0.5, 0.6) is 5.75 Å². The lowest BCUT2D eigenvalue weighted by atomic mass is 10.1. The summed E-state index contributed by atoms with van der Waals surface area (Å²) >= 11 is 0. The average Bonchev–Trinajstić information content (AvgIpc) is 2.98. The summed E-state index contributed by atoms with van der Waals surface area (Å²) in [4.78, 5) is 16.6. The molecule has 0 atom stereocenters. The van der Waals surface area contributed by atoms with Crippen LogP contribution in [0.15, 0.2) is 42.6 Å². The molecular formula is C20H22N2O3. The Morgan fingerprint density at radius 2 is 1.96 bits per heavy atom. The first-order chi connectivity index (χ1) is 12.2. The summed E-state index contributed by atoms with van der Waals surface area (Å²) in [7, 11) is 3.06. The number of aromatic nitrogens is 2. The predicted octanol–water partition coefficient (Wildman–Crippen LogP) is 3.67. The number of carbonyl (C=O) groups is 1. The largest absolute Gasteiger partial charge is 0.496 e. The zero-order valence-electron chi connectivity index (χ0n) is 14.8. The number of hydrogen-bond donors (Lipinski definition) is 0. The summed E-state index contributed by atoms with van der Waals surface area (Å²) < 4.78 is 12.3. The van der Waals surface area contributed by atoms with Gasteiger partial charge in [0, 0.05) is 18.2 Å². The van der Waals surface area contributed by atoms with Crippen LogP contribution in [-0.2, 0) is 17.6 Å². The van der Waals surface area contributed by atoms with Crippen LogP contribution in [0.25, 0.3) is 5.65 Å². The quantitative estimate of drug-likeness (QED) is 0.644. The van der Waals surface area contributed by atoms with E-state index in [4.69, 9.17) is 14.5 Å². The molecule has 0 radical (unpaired) electrons. The zero-order chi connectivity index (χ0) is 17.8. The molecule has 2 heterocycles. The highest BCUT2D eigenvalue weighted by Crippen LogP contribution is 2.24. The Morgan fingerprint density at radius 3 is 2.68 bits per heavy atom. The molecule has 5 heteroatoms. The lowest BCUT2D eigenvalue weighted by molar-refractivity contribution is 0.0600. The van der Waals surface area contributed by atoms with Gasteiger partial charge >= 0.3 is 5.97 Å². The summed E-state index contributed by atoms with van der Waals surface area (Å²) in [6, 6.07) is 11.6. The molecular weight excluding hydrogens is 316 g/mol. The number of carbonyl (C=O) groups excluding carboxylic acids is 1. The molecule has 130 valence electrons. The number of fused-ring (bicyclic) bond motifs is 1. The van der Waals surface area contributed by atoms with Crippen LogP contribution in [0.1, 0.15) is 40.7 Å². The first-order valence-electron chi connectivity index (χ1n) is 8.38. The highest BCUT2D eigenvalue weighted by molar-refractivity contribution is 5.89. The van der Waals surface area contributed by atoms with E-state index in [1.54, 1.807) is 19.4 Å². The lowest BCUT2D eigenvalue weighted by Crippen LogP contribution is -2.05. The molecule has 2 aromatic heterocycles. The van der Waals surface area contributed by atoms with Crippen molar-refractivity contribution >= 4 is 11.6 Å². The van der Waals surface area contributed by atoms with Crippen LogP contribution in [0.2, 0.25) is 0 Å². The van der Waals surface area contributed by atoms with Crippen molar-refractivity contribution in [1.82, 2.24) is 9.38 Å². The van der Waals surface area contributed by atoms with E-state index in [0.717, 1.165) is 41.2 Å². The number of rotatable bonds is 6. The van der Waals surface area contributed by atoms with Gasteiger partial charge in [-0.1, -0.05) is 31.5 Å². The molecule has 0 fully saturated rings. The molecule has 0 N–H and O–H groups in total. The van der Waals surface area contributed by atoms with Crippen molar-refractivity contribution in [3.63, 3.8) is 0 Å². The minimum Gasteiger partial charge on any atom is -0.496 e. The number of pyridine rings is 1. The van der Waals surface area contributed by atoms with Crippen molar-refractivity contribution in [2.24, 2.45) is 0 Å². The molecule has 0 bridgehead atoms. The number of hydrogen-bond acceptors (Lipinski definition) is 4. The van der Waals surface area contributed by atoms with Crippen molar-refractivity contribution in [3.8, 4) is 5.75 Å². The Morgan fingerprint density at radius 1 is 1.16 bits per heavy atom. The van der Waals surface area contributed by atoms with Crippen molar-refractivity contribution in [2.75, 3.05) is 14.2 Å². The number of aryl methyl sites for hydroxylation is 1. The second kappa shape index (κ2) is 7.38. The lowest BCUT2D eigenvalue weighted by Gasteiger charge is -2.10. The standard InChI is InChI=1S/C20H22N2O3/c1-4-7-16-17(12-14-8-5-6-9-18(14)24-2)22-13-15(20(23)25-3)10-11-19(22)21-16/h5-6,8-11,13H,4,7,12H2,1-3H3. The minimum atomic E-state index is -0.351.